The highest BCUT2D eigenvalue weighted by Gasteiger charge is 2.22. The number of aromatic nitrogens is 1. The molecule has 0 radical (unpaired) electrons. The van der Waals surface area contributed by atoms with Gasteiger partial charge in [0.1, 0.15) is 7.85 Å². The molecule has 0 aliphatic heterocycles. The summed E-state index contributed by atoms with van der Waals surface area (Å²) in [6.07, 6.45) is 5.46. The Hall–Kier alpha value is -1.12. The standard InChI is InChI=1S/C9H10BNO/c10-8-2-1-6-5-11-4-3-7(6)9(8)12/h3-5,8H,1-2,10H2. The highest BCUT2D eigenvalue weighted by atomic mass is 16.1. The molecular weight excluding hydrogens is 149 g/mol. The third-order valence-corrected chi connectivity index (χ3v) is 2.46. The number of ketones is 1. The van der Waals surface area contributed by atoms with Crippen LogP contribution in [0.4, 0.5) is 0 Å². The Morgan fingerprint density at radius 2 is 2.42 bits per heavy atom. The van der Waals surface area contributed by atoms with Crippen LogP contribution in [-0.4, -0.2) is 18.6 Å². The molecule has 0 amide bonds. The molecule has 0 N–H and O–H groups in total. The molecule has 12 heavy (non-hydrogen) atoms. The maximum atomic E-state index is 11.6. The van der Waals surface area contributed by atoms with E-state index in [-0.39, 0.29) is 11.6 Å². The minimum atomic E-state index is 0.194. The van der Waals surface area contributed by atoms with Gasteiger partial charge in [0.2, 0.25) is 0 Å². The van der Waals surface area contributed by atoms with Crippen molar-refractivity contribution in [2.75, 3.05) is 0 Å². The van der Waals surface area contributed by atoms with Crippen molar-refractivity contribution in [2.24, 2.45) is 0 Å². The molecule has 0 saturated carbocycles. The Bertz CT molecular complexity index is 324. The summed E-state index contributed by atoms with van der Waals surface area (Å²) in [5.74, 6) is 0.471. The summed E-state index contributed by atoms with van der Waals surface area (Å²) in [5.41, 5.74) is 1.99. The molecular formula is C9H10BNO. The van der Waals surface area contributed by atoms with Crippen LogP contribution >= 0.6 is 0 Å². The van der Waals surface area contributed by atoms with Crippen LogP contribution in [0.15, 0.2) is 18.5 Å². The number of hydrogen-bond acceptors (Lipinski definition) is 2. The van der Waals surface area contributed by atoms with Gasteiger partial charge in [0.25, 0.3) is 0 Å². The van der Waals surface area contributed by atoms with Gasteiger partial charge in [-0.25, -0.2) is 0 Å². The summed E-state index contributed by atoms with van der Waals surface area (Å²) in [7, 11) is 1.99. The highest BCUT2D eigenvalue weighted by Crippen LogP contribution is 2.25. The maximum absolute atomic E-state index is 11.6. The SMILES string of the molecule is BC1CCc2cnccc2C1=O. The number of aryl methyl sites for hydroxylation is 1. The average molecular weight is 159 g/mol. The predicted molar refractivity (Wildman–Crippen MR) is 49.2 cm³/mol. The molecule has 0 saturated heterocycles. The number of carbonyl (C=O) groups is 1. The van der Waals surface area contributed by atoms with Gasteiger partial charge in [-0.15, -0.1) is 0 Å². The second-order valence-electron chi connectivity index (χ2n) is 3.34. The molecule has 1 heterocycles. The molecule has 3 heteroatoms. The molecule has 0 fully saturated rings. The lowest BCUT2D eigenvalue weighted by Gasteiger charge is -2.18. The number of pyridine rings is 1. The fraction of sp³-hybridized carbons (Fsp3) is 0.333. The first-order valence-corrected chi connectivity index (χ1v) is 4.26. The van der Waals surface area contributed by atoms with Crippen LogP contribution < -0.4 is 0 Å². The van der Waals surface area contributed by atoms with Gasteiger partial charge in [-0.3, -0.25) is 9.78 Å². The van der Waals surface area contributed by atoms with Gasteiger partial charge in [-0.2, -0.15) is 0 Å². The van der Waals surface area contributed by atoms with E-state index in [1.54, 1.807) is 12.4 Å². The summed E-state index contributed by atoms with van der Waals surface area (Å²) in [6.45, 7) is 0. The molecule has 0 bridgehead atoms. The summed E-state index contributed by atoms with van der Waals surface area (Å²) in [6, 6.07) is 1.83. The largest absolute Gasteiger partial charge is 0.295 e. The number of rotatable bonds is 0. The zero-order chi connectivity index (χ0) is 8.55. The molecule has 1 aliphatic rings. The monoisotopic (exact) mass is 159 g/mol. The maximum Gasteiger partial charge on any atom is 0.158 e. The van der Waals surface area contributed by atoms with Crippen molar-refractivity contribution in [3.8, 4) is 0 Å². The Morgan fingerprint density at radius 1 is 1.58 bits per heavy atom. The number of Topliss-reactive ketones (excluding diaryl/α,β-unsaturated/α-hetero) is 1. The van der Waals surface area contributed by atoms with Crippen molar-refractivity contribution in [1.29, 1.82) is 0 Å². The van der Waals surface area contributed by atoms with E-state index in [0.717, 1.165) is 24.0 Å². The Labute approximate surface area is 72.4 Å². The first-order valence-electron chi connectivity index (χ1n) is 4.26. The van der Waals surface area contributed by atoms with Crippen LogP contribution in [0.5, 0.6) is 0 Å². The average Bonchev–Trinajstić information content (AvgIpc) is 2.12. The van der Waals surface area contributed by atoms with Crippen molar-refractivity contribution in [3.63, 3.8) is 0 Å². The van der Waals surface area contributed by atoms with E-state index in [0.29, 0.717) is 0 Å². The number of fused-ring (bicyclic) bond motifs is 1. The van der Waals surface area contributed by atoms with Crippen LogP contribution in [0.2, 0.25) is 5.82 Å². The molecule has 1 atom stereocenters. The molecule has 60 valence electrons. The molecule has 1 aliphatic carbocycles. The van der Waals surface area contributed by atoms with Crippen molar-refractivity contribution >= 4 is 13.6 Å². The zero-order valence-electron chi connectivity index (χ0n) is 7.08. The minimum Gasteiger partial charge on any atom is -0.295 e. The van der Waals surface area contributed by atoms with Crippen molar-refractivity contribution in [1.82, 2.24) is 4.98 Å². The quantitative estimate of drug-likeness (QED) is 0.519. The normalized spacial score (nSPS) is 22.0. The fourth-order valence-corrected chi connectivity index (χ4v) is 1.64. The number of nitrogens with zero attached hydrogens (tertiary/aromatic N) is 1. The molecule has 0 spiro atoms. The second-order valence-corrected chi connectivity index (χ2v) is 3.34. The minimum absolute atomic E-state index is 0.194. The molecule has 1 aromatic heterocycles. The number of carbonyl (C=O) groups excluding carboxylic acids is 1. The summed E-state index contributed by atoms with van der Waals surface area (Å²) in [4.78, 5) is 15.6. The van der Waals surface area contributed by atoms with Gasteiger partial charge in [-0.1, -0.05) is 0 Å². The Balaban J connectivity index is 2.49. The van der Waals surface area contributed by atoms with Gasteiger partial charge >= 0.3 is 0 Å². The molecule has 1 unspecified atom stereocenters. The Morgan fingerprint density at radius 3 is 3.25 bits per heavy atom. The third kappa shape index (κ3) is 1.05. The van der Waals surface area contributed by atoms with E-state index in [2.05, 4.69) is 4.98 Å². The van der Waals surface area contributed by atoms with E-state index in [9.17, 15) is 4.79 Å². The van der Waals surface area contributed by atoms with E-state index in [1.807, 2.05) is 13.9 Å². The fourth-order valence-electron chi connectivity index (χ4n) is 1.64. The lowest BCUT2D eigenvalue weighted by Crippen LogP contribution is -2.18. The van der Waals surface area contributed by atoms with E-state index < -0.39 is 0 Å². The van der Waals surface area contributed by atoms with Gasteiger partial charge < -0.3 is 0 Å². The van der Waals surface area contributed by atoms with Gasteiger partial charge in [0.05, 0.1) is 0 Å². The third-order valence-electron chi connectivity index (χ3n) is 2.46. The topological polar surface area (TPSA) is 30.0 Å². The van der Waals surface area contributed by atoms with Crippen LogP contribution in [-0.2, 0) is 6.42 Å². The number of hydrogen-bond donors (Lipinski definition) is 0. The van der Waals surface area contributed by atoms with Crippen LogP contribution in [0.1, 0.15) is 22.3 Å². The molecule has 2 nitrogen and oxygen atoms in total. The van der Waals surface area contributed by atoms with Gasteiger partial charge in [0, 0.05) is 18.0 Å². The summed E-state index contributed by atoms with van der Waals surface area (Å²) < 4.78 is 0. The van der Waals surface area contributed by atoms with Crippen molar-refractivity contribution < 1.29 is 4.79 Å². The zero-order valence-corrected chi connectivity index (χ0v) is 7.08. The highest BCUT2D eigenvalue weighted by molar-refractivity contribution is 6.28. The predicted octanol–water partition coefficient (Wildman–Crippen LogP) is 0.632. The van der Waals surface area contributed by atoms with Crippen LogP contribution in [0.25, 0.3) is 0 Å². The lowest BCUT2D eigenvalue weighted by molar-refractivity contribution is 0.0973. The van der Waals surface area contributed by atoms with E-state index >= 15 is 0 Å². The van der Waals surface area contributed by atoms with Crippen molar-refractivity contribution in [2.45, 2.75) is 18.7 Å². The van der Waals surface area contributed by atoms with Crippen LogP contribution in [0.3, 0.4) is 0 Å². The molecule has 0 aromatic carbocycles. The molecule has 2 rings (SSSR count). The Kier molecular flexibility index (Phi) is 1.72. The van der Waals surface area contributed by atoms with Gasteiger partial charge in [-0.05, 0) is 30.3 Å². The van der Waals surface area contributed by atoms with E-state index in [4.69, 9.17) is 0 Å². The van der Waals surface area contributed by atoms with Crippen LogP contribution in [0, 0.1) is 0 Å². The second kappa shape index (κ2) is 2.74. The first kappa shape index (κ1) is 7.53. The molecule has 1 aromatic rings. The summed E-state index contributed by atoms with van der Waals surface area (Å²) in [5, 5.41) is 0. The van der Waals surface area contributed by atoms with E-state index in [1.165, 1.54) is 0 Å². The lowest BCUT2D eigenvalue weighted by atomic mass is 9.72. The summed E-state index contributed by atoms with van der Waals surface area (Å²) >= 11 is 0. The first-order chi connectivity index (χ1) is 5.79. The van der Waals surface area contributed by atoms with Crippen molar-refractivity contribution in [3.05, 3.63) is 29.6 Å². The van der Waals surface area contributed by atoms with Gasteiger partial charge in [0.15, 0.2) is 5.78 Å². The smallest absolute Gasteiger partial charge is 0.158 e.